The highest BCUT2D eigenvalue weighted by Gasteiger charge is 2.03. The van der Waals surface area contributed by atoms with Gasteiger partial charge in [-0.25, -0.2) is 0 Å². The Balaban J connectivity index is 3.30. The summed E-state index contributed by atoms with van der Waals surface area (Å²) in [7, 11) is -2.44. The van der Waals surface area contributed by atoms with Gasteiger partial charge in [-0.05, 0) is 0 Å². The monoisotopic (exact) mass is 189 g/mol. The molecule has 9 heavy (non-hydrogen) atoms. The molecule has 0 spiro atoms. The van der Waals surface area contributed by atoms with Crippen molar-refractivity contribution >= 4 is 29.8 Å². The lowest BCUT2D eigenvalue weighted by molar-refractivity contribution is 0.503. The lowest BCUT2D eigenvalue weighted by Crippen LogP contribution is -2.00. The van der Waals surface area contributed by atoms with Crippen LogP contribution in [-0.2, 0) is 9.15 Å². The van der Waals surface area contributed by atoms with Gasteiger partial charge in [-0.3, -0.25) is 4.55 Å². The first-order valence-electron chi connectivity index (χ1n) is 2.05. The molecule has 0 rings (SSSR count). The summed E-state index contributed by atoms with van der Waals surface area (Å²) in [5, 5.41) is 0. The van der Waals surface area contributed by atoms with Gasteiger partial charge in [0.05, 0.1) is 9.83 Å². The molecule has 0 bridgehead atoms. The molecule has 3 N–H and O–H groups in total. The van der Waals surface area contributed by atoms with Crippen molar-refractivity contribution in [3.63, 3.8) is 0 Å². The van der Waals surface area contributed by atoms with Crippen molar-refractivity contribution < 1.29 is 13.0 Å². The Morgan fingerprint density at radius 3 is 2.44 bits per heavy atom. The molecule has 4 nitrogen and oxygen atoms in total. The average Bonchev–Trinajstić information content (AvgIpc) is 1.63. The van der Waals surface area contributed by atoms with E-state index >= 15 is 0 Å². The van der Waals surface area contributed by atoms with Crippen LogP contribution in [0.4, 0.5) is 0 Å². The molecule has 0 unspecified atom stereocenters. The van der Waals surface area contributed by atoms with Crippen LogP contribution in [0.25, 0.3) is 0 Å². The minimum absolute atomic E-state index is 0.410. The molecule has 0 aromatic heterocycles. The zero-order valence-corrected chi connectivity index (χ0v) is 6.93. The Labute approximate surface area is 61.1 Å². The van der Waals surface area contributed by atoms with Gasteiger partial charge in [0.25, 0.3) is 0 Å². The van der Waals surface area contributed by atoms with Crippen LogP contribution in [0.5, 0.6) is 0 Å². The standard InChI is InChI=1S/C2H7NO3S3/c3-1-2-7-8-9(4,5)6/h1-3H2,(H,4,5,6). The Bertz CT molecular complexity index is 152. The Morgan fingerprint density at radius 1 is 1.56 bits per heavy atom. The van der Waals surface area contributed by atoms with Gasteiger partial charge in [-0.1, -0.05) is 10.8 Å². The number of hydrogen-bond donors (Lipinski definition) is 2. The SMILES string of the molecule is NCCSSS(=O)(=O)O. The van der Waals surface area contributed by atoms with Gasteiger partial charge in [0, 0.05) is 12.3 Å². The van der Waals surface area contributed by atoms with Crippen LogP contribution in [0.2, 0.25) is 0 Å². The van der Waals surface area contributed by atoms with Gasteiger partial charge in [-0.15, -0.1) is 0 Å². The van der Waals surface area contributed by atoms with E-state index in [0.29, 0.717) is 22.1 Å². The lowest BCUT2D eigenvalue weighted by Gasteiger charge is -1.91. The third-order valence-corrected chi connectivity index (χ3v) is 4.72. The second-order valence-electron chi connectivity index (χ2n) is 1.11. The molecule has 0 aliphatic heterocycles. The van der Waals surface area contributed by atoms with E-state index in [1.165, 1.54) is 0 Å². The molecule has 0 aromatic rings. The minimum atomic E-state index is -3.87. The first-order valence-corrected chi connectivity index (χ1v) is 6.32. The summed E-state index contributed by atoms with van der Waals surface area (Å²) in [6.07, 6.45) is 0. The van der Waals surface area contributed by atoms with Crippen molar-refractivity contribution in [1.82, 2.24) is 0 Å². The quantitative estimate of drug-likeness (QED) is 0.372. The van der Waals surface area contributed by atoms with Crippen molar-refractivity contribution in [2.45, 2.75) is 0 Å². The molecule has 0 heterocycles. The molecule has 0 atom stereocenters. The largest absolute Gasteiger partial charge is 0.330 e. The summed E-state index contributed by atoms with van der Waals surface area (Å²) >= 11 is 0. The summed E-state index contributed by atoms with van der Waals surface area (Å²) in [4.78, 5) is 0. The minimum Gasteiger partial charge on any atom is -0.330 e. The van der Waals surface area contributed by atoms with Crippen molar-refractivity contribution in [1.29, 1.82) is 0 Å². The molecule has 0 radical (unpaired) electrons. The second-order valence-corrected chi connectivity index (χ2v) is 6.35. The van der Waals surface area contributed by atoms with E-state index in [4.69, 9.17) is 10.3 Å². The van der Waals surface area contributed by atoms with Crippen LogP contribution in [0.3, 0.4) is 0 Å². The fourth-order valence-corrected chi connectivity index (χ4v) is 2.99. The zero-order chi connectivity index (χ0) is 7.33. The highest BCUT2D eigenvalue weighted by molar-refractivity contribution is 9.05. The van der Waals surface area contributed by atoms with Gasteiger partial charge in [0.1, 0.15) is 0 Å². The molecular weight excluding hydrogens is 182 g/mol. The van der Waals surface area contributed by atoms with E-state index in [2.05, 4.69) is 0 Å². The molecule has 0 fully saturated rings. The van der Waals surface area contributed by atoms with Crippen LogP contribution < -0.4 is 5.73 Å². The van der Waals surface area contributed by atoms with Crippen LogP contribution in [0.15, 0.2) is 0 Å². The van der Waals surface area contributed by atoms with Crippen molar-refractivity contribution in [3.8, 4) is 0 Å². The Hall–Kier alpha value is 0.570. The molecule has 0 saturated heterocycles. The summed E-state index contributed by atoms with van der Waals surface area (Å²) in [6, 6.07) is 0. The molecule has 0 aliphatic rings. The van der Waals surface area contributed by atoms with Gasteiger partial charge in [-0.2, -0.15) is 8.42 Å². The zero-order valence-electron chi connectivity index (χ0n) is 4.48. The summed E-state index contributed by atoms with van der Waals surface area (Å²) < 4.78 is 28.0. The van der Waals surface area contributed by atoms with Crippen LogP contribution in [-0.4, -0.2) is 25.3 Å². The van der Waals surface area contributed by atoms with Crippen LogP contribution in [0, 0.1) is 0 Å². The first-order chi connectivity index (χ1) is 4.06. The van der Waals surface area contributed by atoms with Gasteiger partial charge in [0.15, 0.2) is 0 Å². The number of rotatable bonds is 4. The average molecular weight is 189 g/mol. The number of hydrogen-bond acceptors (Lipinski definition) is 5. The third-order valence-electron chi connectivity index (χ3n) is 0.335. The molecule has 0 aromatic carbocycles. The lowest BCUT2D eigenvalue weighted by atomic mass is 10.8. The van der Waals surface area contributed by atoms with E-state index in [-0.39, 0.29) is 0 Å². The normalized spacial score (nSPS) is 11.8. The third kappa shape index (κ3) is 8.57. The molecule has 0 saturated carbocycles. The van der Waals surface area contributed by atoms with E-state index in [1.54, 1.807) is 0 Å². The molecule has 0 amide bonds. The molecule has 56 valence electrons. The maximum absolute atomic E-state index is 9.96. The predicted octanol–water partition coefficient (Wildman–Crippen LogP) is 0.129. The predicted molar refractivity (Wildman–Crippen MR) is 40.7 cm³/mol. The van der Waals surface area contributed by atoms with Gasteiger partial charge < -0.3 is 5.73 Å². The fraction of sp³-hybridized carbons (Fsp3) is 1.00. The molecule has 7 heteroatoms. The Kier molecular flexibility index (Phi) is 4.67. The summed E-state index contributed by atoms with van der Waals surface area (Å²) in [6.45, 7) is 0.410. The fourth-order valence-electron chi connectivity index (χ4n) is 0.143. The Morgan fingerprint density at radius 2 is 2.11 bits per heavy atom. The van der Waals surface area contributed by atoms with Crippen molar-refractivity contribution in [2.75, 3.05) is 12.3 Å². The highest BCUT2D eigenvalue weighted by Crippen LogP contribution is 2.25. The maximum Gasteiger partial charge on any atom is 0.329 e. The topological polar surface area (TPSA) is 80.4 Å². The maximum atomic E-state index is 9.96. The van der Waals surface area contributed by atoms with Crippen LogP contribution in [0.1, 0.15) is 0 Å². The van der Waals surface area contributed by atoms with Crippen LogP contribution >= 0.6 is 20.6 Å². The second kappa shape index (κ2) is 4.40. The van der Waals surface area contributed by atoms with Gasteiger partial charge in [0.2, 0.25) is 0 Å². The highest BCUT2D eigenvalue weighted by atomic mass is 33.5. The summed E-state index contributed by atoms with van der Waals surface area (Å²) in [5.41, 5.74) is 5.05. The van der Waals surface area contributed by atoms with E-state index in [0.717, 1.165) is 10.8 Å². The molecular formula is C2H7NO3S3. The smallest absolute Gasteiger partial charge is 0.329 e. The summed E-state index contributed by atoms with van der Waals surface area (Å²) in [5.74, 6) is 0.518. The van der Waals surface area contributed by atoms with Crippen molar-refractivity contribution in [2.24, 2.45) is 5.73 Å². The van der Waals surface area contributed by atoms with Gasteiger partial charge >= 0.3 is 9.15 Å². The van der Waals surface area contributed by atoms with E-state index < -0.39 is 9.15 Å². The first kappa shape index (κ1) is 9.57. The van der Waals surface area contributed by atoms with E-state index in [9.17, 15) is 8.42 Å². The van der Waals surface area contributed by atoms with Crippen molar-refractivity contribution in [3.05, 3.63) is 0 Å². The number of nitrogens with two attached hydrogens (primary N) is 1. The molecule has 0 aliphatic carbocycles. The van der Waals surface area contributed by atoms with E-state index in [1.807, 2.05) is 0 Å².